The van der Waals surface area contributed by atoms with E-state index in [9.17, 15) is 18.7 Å². The Labute approximate surface area is 136 Å². The highest BCUT2D eigenvalue weighted by molar-refractivity contribution is 5.70. The Kier molecular flexibility index (Phi) is 6.51. The number of unbranched alkanes of at least 4 members (excludes halogenated alkanes) is 1. The summed E-state index contributed by atoms with van der Waals surface area (Å²) in [6, 6.07) is 4.00. The fourth-order valence-corrected chi connectivity index (χ4v) is 3.39. The number of carboxylic acid groups (broad SMARTS) is 1. The van der Waals surface area contributed by atoms with Crippen molar-refractivity contribution in [3.05, 3.63) is 35.4 Å². The van der Waals surface area contributed by atoms with E-state index in [1.807, 2.05) is 0 Å². The maximum absolute atomic E-state index is 13.2. The molecule has 1 fully saturated rings. The molecular formula is C18H25F2NO2. The van der Waals surface area contributed by atoms with Crippen molar-refractivity contribution in [3.63, 3.8) is 0 Å². The van der Waals surface area contributed by atoms with E-state index < -0.39 is 17.6 Å². The van der Waals surface area contributed by atoms with Crippen LogP contribution in [0.3, 0.4) is 0 Å². The molecule has 0 aliphatic carbocycles. The summed E-state index contributed by atoms with van der Waals surface area (Å²) in [5.41, 5.74) is 0.753. The van der Waals surface area contributed by atoms with Crippen LogP contribution in [-0.2, 0) is 11.3 Å². The van der Waals surface area contributed by atoms with Gasteiger partial charge in [0.15, 0.2) is 11.6 Å². The summed E-state index contributed by atoms with van der Waals surface area (Å²) in [4.78, 5) is 13.6. The van der Waals surface area contributed by atoms with Crippen molar-refractivity contribution < 1.29 is 18.7 Å². The lowest BCUT2D eigenvalue weighted by Crippen LogP contribution is -2.37. The fourth-order valence-electron chi connectivity index (χ4n) is 3.39. The number of halogens is 2. The van der Waals surface area contributed by atoms with Crippen molar-refractivity contribution in [2.75, 3.05) is 13.1 Å². The smallest absolute Gasteiger partial charge is 0.306 e. The molecule has 23 heavy (non-hydrogen) atoms. The van der Waals surface area contributed by atoms with Crippen LogP contribution in [0.15, 0.2) is 18.2 Å². The highest BCUT2D eigenvalue weighted by atomic mass is 19.2. The summed E-state index contributed by atoms with van der Waals surface area (Å²) >= 11 is 0. The zero-order valence-electron chi connectivity index (χ0n) is 13.6. The lowest BCUT2D eigenvalue weighted by atomic mass is 9.81. The maximum Gasteiger partial charge on any atom is 0.306 e. The number of hydrogen-bond donors (Lipinski definition) is 1. The lowest BCUT2D eigenvalue weighted by molar-refractivity contribution is -0.144. The zero-order valence-corrected chi connectivity index (χ0v) is 13.6. The van der Waals surface area contributed by atoms with Crippen molar-refractivity contribution in [2.24, 2.45) is 11.8 Å². The topological polar surface area (TPSA) is 40.5 Å². The van der Waals surface area contributed by atoms with E-state index in [0.29, 0.717) is 6.54 Å². The molecule has 1 aromatic rings. The summed E-state index contributed by atoms with van der Waals surface area (Å²) in [6.07, 6.45) is 4.42. The van der Waals surface area contributed by atoms with E-state index in [-0.39, 0.29) is 11.8 Å². The molecule has 128 valence electrons. The van der Waals surface area contributed by atoms with Crippen molar-refractivity contribution in [3.8, 4) is 0 Å². The highest BCUT2D eigenvalue weighted by Crippen LogP contribution is 2.29. The van der Waals surface area contributed by atoms with Crippen LogP contribution >= 0.6 is 0 Å². The predicted octanol–water partition coefficient (Wildman–Crippen LogP) is 4.07. The first-order valence-corrected chi connectivity index (χ1v) is 8.40. The number of carboxylic acids is 1. The van der Waals surface area contributed by atoms with Crippen molar-refractivity contribution in [1.29, 1.82) is 0 Å². The molecule has 1 aliphatic rings. The second kappa shape index (κ2) is 8.39. The summed E-state index contributed by atoms with van der Waals surface area (Å²) < 4.78 is 26.2. The average molecular weight is 325 g/mol. The summed E-state index contributed by atoms with van der Waals surface area (Å²) in [5, 5.41) is 9.42. The summed E-state index contributed by atoms with van der Waals surface area (Å²) in [7, 11) is 0. The Bertz CT molecular complexity index is 528. The van der Waals surface area contributed by atoms with Gasteiger partial charge in [0.05, 0.1) is 5.92 Å². The van der Waals surface area contributed by atoms with Gasteiger partial charge in [-0.1, -0.05) is 25.8 Å². The van der Waals surface area contributed by atoms with E-state index >= 15 is 0 Å². The van der Waals surface area contributed by atoms with E-state index in [1.54, 1.807) is 6.07 Å². The van der Waals surface area contributed by atoms with Gasteiger partial charge in [-0.05, 0) is 56.0 Å². The van der Waals surface area contributed by atoms with Gasteiger partial charge in [-0.3, -0.25) is 9.69 Å². The molecular weight excluding hydrogens is 300 g/mol. The predicted molar refractivity (Wildman–Crippen MR) is 85.0 cm³/mol. The number of nitrogens with zero attached hydrogens (tertiary/aromatic N) is 1. The van der Waals surface area contributed by atoms with Crippen LogP contribution in [0.5, 0.6) is 0 Å². The van der Waals surface area contributed by atoms with Crippen LogP contribution < -0.4 is 0 Å². The third-order valence-corrected chi connectivity index (χ3v) is 4.78. The molecule has 0 radical (unpaired) electrons. The number of rotatable bonds is 7. The molecule has 1 unspecified atom stereocenters. The Morgan fingerprint density at radius 3 is 2.57 bits per heavy atom. The SMILES string of the molecule is CCCCC(C(=O)O)C1CCN(Cc2ccc(F)c(F)c2)CC1. The Morgan fingerprint density at radius 1 is 1.30 bits per heavy atom. The van der Waals surface area contributed by atoms with Crippen molar-refractivity contribution in [2.45, 2.75) is 45.6 Å². The second-order valence-electron chi connectivity index (χ2n) is 6.45. The summed E-state index contributed by atoms with van der Waals surface area (Å²) in [5.74, 6) is -2.35. The minimum absolute atomic E-state index is 0.222. The Hall–Kier alpha value is -1.49. The molecule has 1 aromatic carbocycles. The van der Waals surface area contributed by atoms with E-state index in [2.05, 4.69) is 11.8 Å². The van der Waals surface area contributed by atoms with Gasteiger partial charge in [0, 0.05) is 6.54 Å². The van der Waals surface area contributed by atoms with Crippen LogP contribution in [0.1, 0.15) is 44.6 Å². The maximum atomic E-state index is 13.2. The van der Waals surface area contributed by atoms with Crippen LogP contribution in [0.25, 0.3) is 0 Å². The first kappa shape index (κ1) is 17.9. The van der Waals surface area contributed by atoms with E-state index in [1.165, 1.54) is 6.07 Å². The minimum atomic E-state index is -0.826. The molecule has 0 amide bonds. The number of hydrogen-bond acceptors (Lipinski definition) is 2. The number of piperidine rings is 1. The monoisotopic (exact) mass is 325 g/mol. The van der Waals surface area contributed by atoms with Gasteiger partial charge in [0.2, 0.25) is 0 Å². The van der Waals surface area contributed by atoms with Gasteiger partial charge < -0.3 is 5.11 Å². The molecule has 5 heteroatoms. The van der Waals surface area contributed by atoms with E-state index in [0.717, 1.165) is 56.8 Å². The standard InChI is InChI=1S/C18H25F2NO2/c1-2-3-4-15(18(22)23)14-7-9-21(10-8-14)12-13-5-6-16(19)17(20)11-13/h5-6,11,14-15H,2-4,7-10,12H2,1H3,(H,22,23). The molecule has 1 saturated heterocycles. The third kappa shape index (κ3) is 4.99. The molecule has 0 spiro atoms. The molecule has 1 heterocycles. The largest absolute Gasteiger partial charge is 0.481 e. The molecule has 1 aliphatic heterocycles. The molecule has 0 saturated carbocycles. The normalized spacial score (nSPS) is 18.0. The second-order valence-corrected chi connectivity index (χ2v) is 6.45. The Morgan fingerprint density at radius 2 is 2.00 bits per heavy atom. The zero-order chi connectivity index (χ0) is 16.8. The number of likely N-dealkylation sites (tertiary alicyclic amines) is 1. The number of benzene rings is 1. The molecule has 0 bridgehead atoms. The lowest BCUT2D eigenvalue weighted by Gasteiger charge is -2.34. The number of aliphatic carboxylic acids is 1. The molecule has 2 rings (SSSR count). The average Bonchev–Trinajstić information content (AvgIpc) is 2.52. The molecule has 1 atom stereocenters. The molecule has 0 aromatic heterocycles. The van der Waals surface area contributed by atoms with Crippen molar-refractivity contribution in [1.82, 2.24) is 4.90 Å². The quantitative estimate of drug-likeness (QED) is 0.821. The van der Waals surface area contributed by atoms with Crippen molar-refractivity contribution >= 4 is 5.97 Å². The highest BCUT2D eigenvalue weighted by Gasteiger charge is 2.30. The van der Waals surface area contributed by atoms with E-state index in [4.69, 9.17) is 0 Å². The van der Waals surface area contributed by atoms with Crippen LogP contribution in [0, 0.1) is 23.5 Å². The first-order chi connectivity index (χ1) is 11.0. The molecule has 3 nitrogen and oxygen atoms in total. The van der Waals surface area contributed by atoms with Gasteiger partial charge in [-0.25, -0.2) is 8.78 Å². The minimum Gasteiger partial charge on any atom is -0.481 e. The Balaban J connectivity index is 1.87. The van der Waals surface area contributed by atoms with Gasteiger partial charge in [-0.15, -0.1) is 0 Å². The van der Waals surface area contributed by atoms with Gasteiger partial charge in [0.1, 0.15) is 0 Å². The van der Waals surface area contributed by atoms with Crippen LogP contribution in [-0.4, -0.2) is 29.1 Å². The number of carbonyl (C=O) groups is 1. The van der Waals surface area contributed by atoms with Gasteiger partial charge >= 0.3 is 5.97 Å². The van der Waals surface area contributed by atoms with Gasteiger partial charge in [0.25, 0.3) is 0 Å². The molecule has 1 N–H and O–H groups in total. The fraction of sp³-hybridized carbons (Fsp3) is 0.611. The first-order valence-electron chi connectivity index (χ1n) is 8.40. The van der Waals surface area contributed by atoms with Crippen LogP contribution in [0.4, 0.5) is 8.78 Å². The van der Waals surface area contributed by atoms with Crippen LogP contribution in [0.2, 0.25) is 0 Å². The third-order valence-electron chi connectivity index (χ3n) is 4.78. The van der Waals surface area contributed by atoms with Gasteiger partial charge in [-0.2, -0.15) is 0 Å². The summed E-state index contributed by atoms with van der Waals surface area (Å²) in [6.45, 7) is 4.26.